The molecule has 0 aliphatic rings. The second-order valence-corrected chi connectivity index (χ2v) is 16.7. The Morgan fingerprint density at radius 3 is 1.05 bits per heavy atom. The minimum atomic E-state index is -0.804. The maximum Gasteiger partial charge on any atom is 0.306 e. The Morgan fingerprint density at radius 2 is 0.651 bits per heavy atom. The molecule has 0 aromatic carbocycles. The van der Waals surface area contributed by atoms with Crippen molar-refractivity contribution in [3.8, 4) is 0 Å². The zero-order valence-corrected chi connectivity index (χ0v) is 40.8. The third kappa shape index (κ3) is 49.2. The van der Waals surface area contributed by atoms with E-state index < -0.39 is 6.10 Å². The Kier molecular flexibility index (Phi) is 48.0. The van der Waals surface area contributed by atoms with Gasteiger partial charge in [0.15, 0.2) is 6.10 Å². The highest BCUT2D eigenvalue weighted by atomic mass is 16.6. The molecule has 0 aliphatic carbocycles. The zero-order valence-electron chi connectivity index (χ0n) is 40.8. The Bertz CT molecular complexity index is 1280. The van der Waals surface area contributed by atoms with Gasteiger partial charge < -0.3 is 14.2 Å². The first-order chi connectivity index (χ1) is 31.0. The topological polar surface area (TPSA) is 78.9 Å². The number of carbonyl (C=O) groups is 3. The van der Waals surface area contributed by atoms with Gasteiger partial charge in [0.25, 0.3) is 0 Å². The molecule has 6 nitrogen and oxygen atoms in total. The molecule has 0 amide bonds. The van der Waals surface area contributed by atoms with Crippen LogP contribution >= 0.6 is 0 Å². The zero-order chi connectivity index (χ0) is 45.8. The fourth-order valence-electron chi connectivity index (χ4n) is 6.68. The van der Waals surface area contributed by atoms with Gasteiger partial charge in [-0.25, -0.2) is 0 Å². The molecule has 0 aromatic rings. The second-order valence-electron chi connectivity index (χ2n) is 16.7. The van der Waals surface area contributed by atoms with Crippen molar-refractivity contribution in [2.24, 2.45) is 0 Å². The van der Waals surface area contributed by atoms with Crippen molar-refractivity contribution in [2.45, 2.75) is 232 Å². The molecular formula is C57H94O6. The summed E-state index contributed by atoms with van der Waals surface area (Å²) >= 11 is 0. The summed E-state index contributed by atoms with van der Waals surface area (Å²) in [5.41, 5.74) is 0. The van der Waals surface area contributed by atoms with Gasteiger partial charge in [0, 0.05) is 19.3 Å². The highest BCUT2D eigenvalue weighted by Gasteiger charge is 2.19. The Labute approximate surface area is 387 Å². The summed E-state index contributed by atoms with van der Waals surface area (Å²) in [6, 6.07) is 0. The lowest BCUT2D eigenvalue weighted by molar-refractivity contribution is -0.167. The standard InChI is InChI=1S/C57H94O6/c1-4-7-10-13-16-19-22-25-26-27-28-29-30-33-35-38-41-44-47-50-56(59)62-53-54(63-57(60)51-48-45-42-39-36-32-24-21-18-15-12-9-6-3)52-61-55(58)49-46-43-40-37-34-31-23-20-17-14-11-8-5-2/h9,11-12,14,16,18-21,23,25-26,28-29,32,36,54H,4-8,10,13,15,17,22,24,27,30-31,33-35,37-53H2,1-3H3/b12-9-,14-11-,19-16-,21-18-,23-20-,26-25-,29-28-,36-32-. The van der Waals surface area contributed by atoms with Crippen LogP contribution in [0.3, 0.4) is 0 Å². The van der Waals surface area contributed by atoms with Gasteiger partial charge in [0.1, 0.15) is 13.2 Å². The van der Waals surface area contributed by atoms with E-state index in [1.807, 2.05) is 0 Å². The van der Waals surface area contributed by atoms with Crippen molar-refractivity contribution in [1.82, 2.24) is 0 Å². The van der Waals surface area contributed by atoms with Crippen LogP contribution in [0.5, 0.6) is 0 Å². The van der Waals surface area contributed by atoms with Gasteiger partial charge in [-0.2, -0.15) is 0 Å². The predicted molar refractivity (Wildman–Crippen MR) is 270 cm³/mol. The molecule has 0 saturated carbocycles. The van der Waals surface area contributed by atoms with Crippen LogP contribution in [-0.4, -0.2) is 37.2 Å². The summed E-state index contributed by atoms with van der Waals surface area (Å²) in [7, 11) is 0. The molecule has 0 spiro atoms. The van der Waals surface area contributed by atoms with Crippen molar-refractivity contribution in [3.63, 3.8) is 0 Å². The molecule has 0 N–H and O–H groups in total. The minimum absolute atomic E-state index is 0.102. The summed E-state index contributed by atoms with van der Waals surface area (Å²) < 4.78 is 16.7. The van der Waals surface area contributed by atoms with Gasteiger partial charge in [0.05, 0.1) is 0 Å². The number of hydrogen-bond acceptors (Lipinski definition) is 6. The van der Waals surface area contributed by atoms with Crippen LogP contribution in [0.4, 0.5) is 0 Å². The van der Waals surface area contributed by atoms with E-state index >= 15 is 0 Å². The molecule has 0 radical (unpaired) electrons. The fraction of sp³-hybridized carbons (Fsp3) is 0.667. The van der Waals surface area contributed by atoms with E-state index in [9.17, 15) is 14.4 Å². The normalized spacial score (nSPS) is 12.9. The third-order valence-corrected chi connectivity index (χ3v) is 10.5. The number of esters is 3. The lowest BCUT2D eigenvalue weighted by Gasteiger charge is -2.18. The predicted octanol–water partition coefficient (Wildman–Crippen LogP) is 17.0. The quantitative estimate of drug-likeness (QED) is 0.0262. The highest BCUT2D eigenvalue weighted by Crippen LogP contribution is 2.13. The molecule has 1 unspecified atom stereocenters. The van der Waals surface area contributed by atoms with Gasteiger partial charge in [0.2, 0.25) is 0 Å². The van der Waals surface area contributed by atoms with Crippen molar-refractivity contribution in [1.29, 1.82) is 0 Å². The average molecular weight is 875 g/mol. The summed E-state index contributed by atoms with van der Waals surface area (Å²) in [5.74, 6) is -0.962. The molecule has 63 heavy (non-hydrogen) atoms. The first-order valence-corrected chi connectivity index (χ1v) is 25.7. The number of ether oxygens (including phenoxy) is 3. The van der Waals surface area contributed by atoms with Gasteiger partial charge in [-0.05, 0) is 116 Å². The van der Waals surface area contributed by atoms with Crippen molar-refractivity contribution >= 4 is 17.9 Å². The molecule has 0 fully saturated rings. The summed E-state index contributed by atoms with van der Waals surface area (Å²) in [6.07, 6.45) is 66.7. The van der Waals surface area contributed by atoms with Gasteiger partial charge in [-0.3, -0.25) is 14.4 Å². The van der Waals surface area contributed by atoms with Crippen LogP contribution in [0.15, 0.2) is 97.2 Å². The fourth-order valence-corrected chi connectivity index (χ4v) is 6.68. The van der Waals surface area contributed by atoms with E-state index in [0.29, 0.717) is 12.8 Å². The molecular weight excluding hydrogens is 781 g/mol. The second kappa shape index (κ2) is 51.0. The average Bonchev–Trinajstić information content (AvgIpc) is 3.28. The van der Waals surface area contributed by atoms with E-state index in [1.54, 1.807) is 0 Å². The largest absolute Gasteiger partial charge is 0.462 e. The number of allylic oxidation sites excluding steroid dienone is 16. The van der Waals surface area contributed by atoms with E-state index in [1.165, 1.54) is 44.9 Å². The minimum Gasteiger partial charge on any atom is -0.462 e. The van der Waals surface area contributed by atoms with Crippen LogP contribution in [0.2, 0.25) is 0 Å². The number of carbonyl (C=O) groups excluding carboxylic acids is 3. The Balaban J connectivity index is 4.45. The molecule has 0 heterocycles. The molecule has 0 bridgehead atoms. The lowest BCUT2D eigenvalue weighted by Crippen LogP contribution is -2.30. The molecule has 6 heteroatoms. The van der Waals surface area contributed by atoms with Crippen LogP contribution in [-0.2, 0) is 28.6 Å². The van der Waals surface area contributed by atoms with Crippen LogP contribution in [0, 0.1) is 0 Å². The van der Waals surface area contributed by atoms with Crippen LogP contribution < -0.4 is 0 Å². The molecule has 358 valence electrons. The highest BCUT2D eigenvalue weighted by molar-refractivity contribution is 5.71. The maximum atomic E-state index is 12.8. The first-order valence-electron chi connectivity index (χ1n) is 25.7. The van der Waals surface area contributed by atoms with Gasteiger partial charge >= 0.3 is 17.9 Å². The van der Waals surface area contributed by atoms with Crippen molar-refractivity contribution in [3.05, 3.63) is 97.2 Å². The van der Waals surface area contributed by atoms with Gasteiger partial charge in [-0.1, -0.05) is 189 Å². The molecule has 1 atom stereocenters. The van der Waals surface area contributed by atoms with Crippen LogP contribution in [0.25, 0.3) is 0 Å². The maximum absolute atomic E-state index is 12.8. The first kappa shape index (κ1) is 59.3. The lowest BCUT2D eigenvalue weighted by atomic mass is 10.1. The van der Waals surface area contributed by atoms with E-state index in [-0.39, 0.29) is 37.5 Å². The van der Waals surface area contributed by atoms with Crippen molar-refractivity contribution in [2.75, 3.05) is 13.2 Å². The van der Waals surface area contributed by atoms with E-state index in [2.05, 4.69) is 118 Å². The molecule has 0 rings (SSSR count). The smallest absolute Gasteiger partial charge is 0.306 e. The molecule has 0 aliphatic heterocycles. The van der Waals surface area contributed by atoms with E-state index in [0.717, 1.165) is 141 Å². The third-order valence-electron chi connectivity index (χ3n) is 10.5. The number of unbranched alkanes of at least 4 members (excludes halogenated alkanes) is 18. The SMILES string of the molecule is CC/C=C\C/C=C\C/C=C\CCCCCC(=O)OC(COC(=O)CCCCCCC/C=C\C/C=C\CCC)COC(=O)CCCCCCCC/C=C\C/C=C\C/C=C\CCCCC. The van der Waals surface area contributed by atoms with Crippen molar-refractivity contribution < 1.29 is 28.6 Å². The molecule has 0 saturated heterocycles. The summed E-state index contributed by atoms with van der Waals surface area (Å²) in [6.45, 7) is 6.37. The Hall–Kier alpha value is -3.67. The monoisotopic (exact) mass is 875 g/mol. The number of rotatable bonds is 45. The van der Waals surface area contributed by atoms with Crippen LogP contribution in [0.1, 0.15) is 226 Å². The summed E-state index contributed by atoms with van der Waals surface area (Å²) in [5, 5.41) is 0. The van der Waals surface area contributed by atoms with E-state index in [4.69, 9.17) is 14.2 Å². The molecule has 0 aromatic heterocycles. The Morgan fingerprint density at radius 1 is 0.333 bits per heavy atom. The number of hydrogen-bond donors (Lipinski definition) is 0. The summed E-state index contributed by atoms with van der Waals surface area (Å²) in [4.78, 5) is 38.0. The van der Waals surface area contributed by atoms with Gasteiger partial charge in [-0.15, -0.1) is 0 Å².